The maximum Gasteiger partial charge on any atom is 0.199 e. The van der Waals surface area contributed by atoms with Gasteiger partial charge in [-0.3, -0.25) is 15.7 Å². The van der Waals surface area contributed by atoms with Gasteiger partial charge in [0.15, 0.2) is 10.9 Å². The molecule has 2 rings (SSSR count). The quantitative estimate of drug-likeness (QED) is 0.344. The molecule has 3 N–H and O–H groups in total. The molecule has 1 aromatic carbocycles. The average molecular weight is 307 g/mol. The molecule has 1 aromatic heterocycles. The van der Waals surface area contributed by atoms with E-state index in [1.165, 1.54) is 0 Å². The molecule has 0 fully saturated rings. The molecule has 0 spiro atoms. The van der Waals surface area contributed by atoms with E-state index in [2.05, 4.69) is 15.3 Å². The van der Waals surface area contributed by atoms with Crippen molar-refractivity contribution < 1.29 is 5.21 Å². The van der Waals surface area contributed by atoms with Crippen LogP contribution >= 0.6 is 23.8 Å². The molecule has 0 unspecified atom stereocenters. The number of thiocarbonyl (C=S) groups is 1. The standard InChI is InChI=1S/C13H11ClN4OS/c14-9-4-6-10(7-5-9)16-13(20)17-12(18-19)11-3-1-2-8-15-11/h1-8,19H,(H2,16,17,18,20). The van der Waals surface area contributed by atoms with Crippen molar-refractivity contribution in [2.75, 3.05) is 5.32 Å². The number of anilines is 1. The van der Waals surface area contributed by atoms with Gasteiger partial charge in [-0.05, 0) is 48.6 Å². The summed E-state index contributed by atoms with van der Waals surface area (Å²) in [6.07, 6.45) is 1.60. The van der Waals surface area contributed by atoms with Gasteiger partial charge in [0.05, 0.1) is 0 Å². The summed E-state index contributed by atoms with van der Waals surface area (Å²) in [5, 5.41) is 12.8. The van der Waals surface area contributed by atoms with Crippen LogP contribution in [0, 0.1) is 0 Å². The van der Waals surface area contributed by atoms with E-state index >= 15 is 0 Å². The van der Waals surface area contributed by atoms with Crippen molar-refractivity contribution in [3.05, 3.63) is 59.4 Å². The Morgan fingerprint density at radius 3 is 2.55 bits per heavy atom. The normalized spacial score (nSPS) is 11.0. The van der Waals surface area contributed by atoms with Crippen LogP contribution in [-0.2, 0) is 0 Å². The van der Waals surface area contributed by atoms with Gasteiger partial charge in [0, 0.05) is 16.9 Å². The molecule has 102 valence electrons. The first kappa shape index (κ1) is 14.4. The Labute approximate surface area is 126 Å². The fraction of sp³-hybridized carbons (Fsp3) is 0. The largest absolute Gasteiger partial charge is 0.331 e. The molecule has 0 aliphatic heterocycles. The Balaban J connectivity index is 2.12. The molecule has 5 nitrogen and oxygen atoms in total. The van der Waals surface area contributed by atoms with Gasteiger partial charge in [0.2, 0.25) is 0 Å². The zero-order chi connectivity index (χ0) is 14.4. The number of amidine groups is 1. The lowest BCUT2D eigenvalue weighted by Gasteiger charge is -2.07. The summed E-state index contributed by atoms with van der Waals surface area (Å²) in [5.41, 5.74) is 3.22. The van der Waals surface area contributed by atoms with Crippen molar-refractivity contribution in [1.82, 2.24) is 10.5 Å². The lowest BCUT2D eigenvalue weighted by atomic mass is 10.3. The molecule has 0 saturated carbocycles. The summed E-state index contributed by atoms with van der Waals surface area (Å²) < 4.78 is 0. The van der Waals surface area contributed by atoms with Gasteiger partial charge in [0.1, 0.15) is 5.69 Å². The van der Waals surface area contributed by atoms with E-state index in [4.69, 9.17) is 29.0 Å². The Hall–Kier alpha value is -2.02. The number of pyridine rings is 1. The summed E-state index contributed by atoms with van der Waals surface area (Å²) in [7, 11) is 0. The van der Waals surface area contributed by atoms with Crippen molar-refractivity contribution in [2.24, 2.45) is 4.99 Å². The van der Waals surface area contributed by atoms with Gasteiger partial charge in [0.25, 0.3) is 0 Å². The predicted molar refractivity (Wildman–Crippen MR) is 83.4 cm³/mol. The molecular formula is C13H11ClN4OS. The first-order chi connectivity index (χ1) is 9.69. The van der Waals surface area contributed by atoms with Crippen LogP contribution in [0.5, 0.6) is 0 Å². The molecule has 0 aliphatic rings. The number of nitrogens with zero attached hydrogens (tertiary/aromatic N) is 2. The fourth-order valence-electron chi connectivity index (χ4n) is 1.43. The number of hydrogen-bond acceptors (Lipinski definition) is 3. The number of hydrogen-bond donors (Lipinski definition) is 3. The monoisotopic (exact) mass is 306 g/mol. The van der Waals surface area contributed by atoms with Gasteiger partial charge in [-0.2, -0.15) is 4.99 Å². The van der Waals surface area contributed by atoms with Crippen molar-refractivity contribution in [3.63, 3.8) is 0 Å². The van der Waals surface area contributed by atoms with E-state index in [-0.39, 0.29) is 10.9 Å². The summed E-state index contributed by atoms with van der Waals surface area (Å²) >= 11 is 10.9. The smallest absolute Gasteiger partial charge is 0.199 e. The Kier molecular flexibility index (Phi) is 5.00. The third-order valence-electron chi connectivity index (χ3n) is 2.32. The topological polar surface area (TPSA) is 69.5 Å². The summed E-state index contributed by atoms with van der Waals surface area (Å²) in [5.74, 6) is 0.164. The van der Waals surface area contributed by atoms with Gasteiger partial charge >= 0.3 is 0 Å². The Morgan fingerprint density at radius 1 is 1.20 bits per heavy atom. The highest BCUT2D eigenvalue weighted by Gasteiger charge is 2.05. The maximum absolute atomic E-state index is 9.11. The number of halogens is 1. The van der Waals surface area contributed by atoms with Crippen LogP contribution in [0.4, 0.5) is 5.69 Å². The number of aromatic nitrogens is 1. The molecule has 0 aliphatic carbocycles. The zero-order valence-electron chi connectivity index (χ0n) is 10.2. The van der Waals surface area contributed by atoms with E-state index in [0.717, 1.165) is 5.69 Å². The van der Waals surface area contributed by atoms with Crippen LogP contribution in [0.15, 0.2) is 53.7 Å². The van der Waals surface area contributed by atoms with E-state index in [1.807, 2.05) is 5.48 Å². The van der Waals surface area contributed by atoms with E-state index < -0.39 is 0 Å². The first-order valence-corrected chi connectivity index (χ1v) is 6.44. The summed E-state index contributed by atoms with van der Waals surface area (Å²) in [6.45, 7) is 0. The molecule has 0 bridgehead atoms. The lowest BCUT2D eigenvalue weighted by Crippen LogP contribution is -2.24. The molecule has 20 heavy (non-hydrogen) atoms. The Morgan fingerprint density at radius 2 is 1.95 bits per heavy atom. The molecule has 7 heteroatoms. The second-order valence-corrected chi connectivity index (χ2v) is 4.55. The van der Waals surface area contributed by atoms with Crippen LogP contribution < -0.4 is 10.8 Å². The number of aliphatic imine (C=N–C) groups is 1. The van der Waals surface area contributed by atoms with Crippen LogP contribution in [0.3, 0.4) is 0 Å². The Bertz CT molecular complexity index is 616. The highest BCUT2D eigenvalue weighted by molar-refractivity contribution is 7.80. The third-order valence-corrected chi connectivity index (χ3v) is 2.77. The van der Waals surface area contributed by atoms with Crippen LogP contribution in [0.2, 0.25) is 5.02 Å². The molecule has 0 saturated heterocycles. The highest BCUT2D eigenvalue weighted by Crippen LogP contribution is 2.13. The summed E-state index contributed by atoms with van der Waals surface area (Å²) in [4.78, 5) is 8.13. The second kappa shape index (κ2) is 6.95. The zero-order valence-corrected chi connectivity index (χ0v) is 11.8. The number of rotatable bonds is 2. The van der Waals surface area contributed by atoms with Gasteiger partial charge < -0.3 is 5.32 Å². The first-order valence-electron chi connectivity index (χ1n) is 5.66. The summed E-state index contributed by atoms with van der Waals surface area (Å²) in [6, 6.07) is 12.3. The molecular weight excluding hydrogens is 296 g/mol. The average Bonchev–Trinajstić information content (AvgIpc) is 2.48. The number of hydroxylamine groups is 1. The fourth-order valence-corrected chi connectivity index (χ4v) is 1.76. The minimum Gasteiger partial charge on any atom is -0.331 e. The predicted octanol–water partition coefficient (Wildman–Crippen LogP) is 2.86. The van der Waals surface area contributed by atoms with E-state index in [0.29, 0.717) is 10.7 Å². The van der Waals surface area contributed by atoms with E-state index in [9.17, 15) is 0 Å². The van der Waals surface area contributed by atoms with Crippen molar-refractivity contribution >= 4 is 40.5 Å². The molecule has 0 radical (unpaired) electrons. The lowest BCUT2D eigenvalue weighted by molar-refractivity contribution is 0.235. The van der Waals surface area contributed by atoms with E-state index in [1.54, 1.807) is 48.7 Å². The van der Waals surface area contributed by atoms with Crippen molar-refractivity contribution in [3.8, 4) is 0 Å². The van der Waals surface area contributed by atoms with Crippen LogP contribution in [0.1, 0.15) is 5.69 Å². The molecule has 0 amide bonds. The minimum absolute atomic E-state index is 0.164. The second-order valence-electron chi connectivity index (χ2n) is 3.72. The molecule has 0 atom stereocenters. The SMILES string of the molecule is ON/C(=N/C(=S)Nc1ccc(Cl)cc1)c1ccccn1. The number of benzene rings is 1. The third kappa shape index (κ3) is 3.99. The van der Waals surface area contributed by atoms with Crippen LogP contribution in [0.25, 0.3) is 0 Å². The van der Waals surface area contributed by atoms with Gasteiger partial charge in [-0.1, -0.05) is 17.7 Å². The van der Waals surface area contributed by atoms with Crippen molar-refractivity contribution in [1.29, 1.82) is 0 Å². The van der Waals surface area contributed by atoms with Gasteiger partial charge in [-0.25, -0.2) is 0 Å². The molecule has 1 heterocycles. The van der Waals surface area contributed by atoms with Crippen LogP contribution in [-0.4, -0.2) is 21.1 Å². The minimum atomic E-state index is 0.164. The molecule has 2 aromatic rings. The highest BCUT2D eigenvalue weighted by atomic mass is 35.5. The van der Waals surface area contributed by atoms with Crippen molar-refractivity contribution in [2.45, 2.75) is 0 Å². The van der Waals surface area contributed by atoms with Gasteiger partial charge in [-0.15, -0.1) is 0 Å². The number of nitrogens with one attached hydrogen (secondary N) is 2. The maximum atomic E-state index is 9.11.